The molecule has 1 aromatic rings. The van der Waals surface area contributed by atoms with E-state index in [1.165, 1.54) is 23.1 Å². The summed E-state index contributed by atoms with van der Waals surface area (Å²) in [7, 11) is 0. The highest BCUT2D eigenvalue weighted by molar-refractivity contribution is 5.90. The van der Waals surface area contributed by atoms with E-state index in [2.05, 4.69) is 5.32 Å². The minimum Gasteiger partial charge on any atom is -0.481 e. The summed E-state index contributed by atoms with van der Waals surface area (Å²) >= 11 is 0. The van der Waals surface area contributed by atoms with Gasteiger partial charge in [-0.25, -0.2) is 4.79 Å². The summed E-state index contributed by atoms with van der Waals surface area (Å²) in [5.41, 5.74) is 0.881. The van der Waals surface area contributed by atoms with Crippen molar-refractivity contribution in [2.24, 2.45) is 11.8 Å². The van der Waals surface area contributed by atoms with Crippen LogP contribution >= 0.6 is 0 Å². The van der Waals surface area contributed by atoms with Crippen molar-refractivity contribution in [3.05, 3.63) is 33.9 Å². The van der Waals surface area contributed by atoms with E-state index >= 15 is 0 Å². The molecule has 1 aliphatic rings. The summed E-state index contributed by atoms with van der Waals surface area (Å²) in [4.78, 5) is 35.2. The molecule has 0 aliphatic carbocycles. The third-order valence-corrected chi connectivity index (χ3v) is 3.94. The zero-order chi connectivity index (χ0) is 17.1. The summed E-state index contributed by atoms with van der Waals surface area (Å²) in [6.07, 6.45) is 0.551. The van der Waals surface area contributed by atoms with Gasteiger partial charge >= 0.3 is 12.0 Å². The summed E-state index contributed by atoms with van der Waals surface area (Å²) in [5.74, 6) is -1.36. The first-order chi connectivity index (χ1) is 10.8. The molecule has 0 bridgehead atoms. The number of carbonyl (C=O) groups is 2. The van der Waals surface area contributed by atoms with Crippen LogP contribution in [0.4, 0.5) is 16.2 Å². The lowest BCUT2D eigenvalue weighted by Crippen LogP contribution is -2.47. The van der Waals surface area contributed by atoms with Gasteiger partial charge in [-0.05, 0) is 31.4 Å². The number of nitro groups is 1. The van der Waals surface area contributed by atoms with Crippen LogP contribution in [0.5, 0.6) is 0 Å². The van der Waals surface area contributed by atoms with Gasteiger partial charge in [-0.3, -0.25) is 14.9 Å². The van der Waals surface area contributed by atoms with Crippen LogP contribution in [0.3, 0.4) is 0 Å². The van der Waals surface area contributed by atoms with Crippen LogP contribution in [0.2, 0.25) is 0 Å². The molecule has 8 heteroatoms. The number of urea groups is 1. The van der Waals surface area contributed by atoms with Crippen molar-refractivity contribution >= 4 is 23.4 Å². The lowest BCUT2D eigenvalue weighted by Gasteiger charge is -2.34. The number of carboxylic acid groups (broad SMARTS) is 1. The number of anilines is 1. The average Bonchev–Trinajstić information content (AvgIpc) is 2.46. The van der Waals surface area contributed by atoms with E-state index in [9.17, 15) is 19.7 Å². The highest BCUT2D eigenvalue weighted by atomic mass is 16.6. The zero-order valence-electron chi connectivity index (χ0n) is 13.0. The topological polar surface area (TPSA) is 113 Å². The first-order valence-electron chi connectivity index (χ1n) is 7.31. The molecule has 124 valence electrons. The molecule has 1 aliphatic heterocycles. The van der Waals surface area contributed by atoms with E-state index in [0.717, 1.165) is 0 Å². The SMILES string of the molecule is Cc1cc(NC(=O)N2CC(C)CC(C(=O)O)C2)ccc1[N+](=O)[O-]. The average molecular weight is 321 g/mol. The van der Waals surface area contributed by atoms with Crippen molar-refractivity contribution in [1.29, 1.82) is 0 Å². The van der Waals surface area contributed by atoms with Gasteiger partial charge in [0.25, 0.3) is 5.69 Å². The van der Waals surface area contributed by atoms with E-state index in [0.29, 0.717) is 24.2 Å². The number of benzene rings is 1. The predicted molar refractivity (Wildman–Crippen MR) is 83.3 cm³/mol. The zero-order valence-corrected chi connectivity index (χ0v) is 13.0. The Morgan fingerprint density at radius 3 is 2.65 bits per heavy atom. The minimum atomic E-state index is -0.902. The molecule has 1 aromatic carbocycles. The second kappa shape index (κ2) is 6.64. The maximum Gasteiger partial charge on any atom is 0.321 e. The van der Waals surface area contributed by atoms with Crippen LogP contribution in [0, 0.1) is 28.9 Å². The number of nitrogens with one attached hydrogen (secondary N) is 1. The van der Waals surface area contributed by atoms with Crippen LogP contribution < -0.4 is 5.32 Å². The van der Waals surface area contributed by atoms with Gasteiger partial charge in [-0.2, -0.15) is 0 Å². The maximum absolute atomic E-state index is 12.3. The Labute approximate surface area is 133 Å². The molecule has 2 N–H and O–H groups in total. The van der Waals surface area contributed by atoms with E-state index < -0.39 is 22.8 Å². The third kappa shape index (κ3) is 3.97. The number of rotatable bonds is 3. The van der Waals surface area contributed by atoms with Crippen LogP contribution in [0.25, 0.3) is 0 Å². The summed E-state index contributed by atoms with van der Waals surface area (Å²) in [5, 5.41) is 22.6. The van der Waals surface area contributed by atoms with Gasteiger partial charge < -0.3 is 15.3 Å². The largest absolute Gasteiger partial charge is 0.481 e. The molecule has 1 fully saturated rings. The van der Waals surface area contributed by atoms with Gasteiger partial charge in [-0.15, -0.1) is 0 Å². The first-order valence-corrected chi connectivity index (χ1v) is 7.31. The maximum atomic E-state index is 12.3. The standard InChI is InChI=1S/C15H19N3O5/c1-9-5-11(14(19)20)8-17(7-9)15(21)16-12-3-4-13(18(22)23)10(2)6-12/h3-4,6,9,11H,5,7-8H2,1-2H3,(H,16,21)(H,19,20). The Kier molecular flexibility index (Phi) is 4.83. The van der Waals surface area contributed by atoms with E-state index in [1.807, 2.05) is 6.92 Å². The molecule has 8 nitrogen and oxygen atoms in total. The Hall–Kier alpha value is -2.64. The minimum absolute atomic E-state index is 0.0134. The molecular formula is C15H19N3O5. The second-order valence-electron chi connectivity index (χ2n) is 5.97. The van der Waals surface area contributed by atoms with Crippen LogP contribution in [-0.2, 0) is 4.79 Å². The Bertz CT molecular complexity index is 646. The summed E-state index contributed by atoms with van der Waals surface area (Å²) in [6, 6.07) is 3.93. The lowest BCUT2D eigenvalue weighted by atomic mass is 9.91. The number of carbonyl (C=O) groups excluding carboxylic acids is 1. The number of nitrogens with zero attached hydrogens (tertiary/aromatic N) is 2. The first kappa shape index (κ1) is 16.7. The van der Waals surface area contributed by atoms with Crippen molar-refractivity contribution in [3.63, 3.8) is 0 Å². The number of piperidine rings is 1. The van der Waals surface area contributed by atoms with Crippen molar-refractivity contribution in [2.75, 3.05) is 18.4 Å². The molecule has 1 saturated heterocycles. The van der Waals surface area contributed by atoms with Gasteiger partial charge in [0, 0.05) is 30.4 Å². The van der Waals surface area contributed by atoms with Crippen molar-refractivity contribution in [2.45, 2.75) is 20.3 Å². The molecule has 0 spiro atoms. The number of amides is 2. The highest BCUT2D eigenvalue weighted by Crippen LogP contribution is 2.24. The predicted octanol–water partition coefficient (Wildman–Crippen LogP) is 2.48. The highest BCUT2D eigenvalue weighted by Gasteiger charge is 2.32. The number of hydrogen-bond donors (Lipinski definition) is 2. The van der Waals surface area contributed by atoms with Gasteiger partial charge in [0.1, 0.15) is 0 Å². The van der Waals surface area contributed by atoms with Crippen LogP contribution in [0.1, 0.15) is 18.9 Å². The number of aryl methyl sites for hydroxylation is 1. The summed E-state index contributed by atoms with van der Waals surface area (Å²) in [6.45, 7) is 4.15. The van der Waals surface area contributed by atoms with E-state index in [-0.39, 0.29) is 18.2 Å². The molecule has 0 aromatic heterocycles. The van der Waals surface area contributed by atoms with Crippen LogP contribution in [0.15, 0.2) is 18.2 Å². The molecule has 1 heterocycles. The van der Waals surface area contributed by atoms with Gasteiger partial charge in [0.15, 0.2) is 0 Å². The van der Waals surface area contributed by atoms with E-state index in [1.54, 1.807) is 6.92 Å². The molecule has 0 radical (unpaired) electrons. The van der Waals surface area contributed by atoms with E-state index in [4.69, 9.17) is 5.11 Å². The number of aliphatic carboxylic acids is 1. The lowest BCUT2D eigenvalue weighted by molar-refractivity contribution is -0.385. The van der Waals surface area contributed by atoms with Gasteiger partial charge in [-0.1, -0.05) is 6.92 Å². The Morgan fingerprint density at radius 1 is 1.39 bits per heavy atom. The molecule has 2 rings (SSSR count). The number of hydrogen-bond acceptors (Lipinski definition) is 4. The quantitative estimate of drug-likeness (QED) is 0.656. The Morgan fingerprint density at radius 2 is 2.09 bits per heavy atom. The molecule has 0 saturated carbocycles. The second-order valence-corrected chi connectivity index (χ2v) is 5.97. The molecule has 2 atom stereocenters. The van der Waals surface area contributed by atoms with Crippen molar-refractivity contribution in [1.82, 2.24) is 4.90 Å². The number of nitro benzene ring substituents is 1. The fourth-order valence-electron chi connectivity index (χ4n) is 2.84. The fraction of sp³-hybridized carbons (Fsp3) is 0.467. The monoisotopic (exact) mass is 321 g/mol. The normalized spacial score (nSPS) is 20.9. The summed E-state index contributed by atoms with van der Waals surface area (Å²) < 4.78 is 0. The number of carboxylic acids is 1. The van der Waals surface area contributed by atoms with Gasteiger partial charge in [0.2, 0.25) is 0 Å². The molecule has 2 unspecified atom stereocenters. The smallest absolute Gasteiger partial charge is 0.321 e. The molecular weight excluding hydrogens is 302 g/mol. The van der Waals surface area contributed by atoms with Crippen molar-refractivity contribution in [3.8, 4) is 0 Å². The molecule has 2 amide bonds. The fourth-order valence-corrected chi connectivity index (χ4v) is 2.84. The number of likely N-dealkylation sites (tertiary alicyclic amines) is 1. The van der Waals surface area contributed by atoms with Gasteiger partial charge in [0.05, 0.1) is 10.8 Å². The third-order valence-electron chi connectivity index (χ3n) is 3.94. The van der Waals surface area contributed by atoms with Crippen molar-refractivity contribution < 1.29 is 19.6 Å². The van der Waals surface area contributed by atoms with Crippen LogP contribution in [-0.4, -0.2) is 40.0 Å². The molecule has 23 heavy (non-hydrogen) atoms. The Balaban J connectivity index is 2.08.